The van der Waals surface area contributed by atoms with Crippen molar-refractivity contribution in [2.45, 2.75) is 20.4 Å². The molecule has 0 aliphatic heterocycles. The van der Waals surface area contributed by atoms with Gasteiger partial charge < -0.3 is 19.0 Å². The molecule has 0 amide bonds. The van der Waals surface area contributed by atoms with E-state index in [1.54, 1.807) is 14.2 Å². The predicted molar refractivity (Wildman–Crippen MR) is 93.0 cm³/mol. The minimum Gasteiger partial charge on any atom is -0.497 e. The molecule has 0 fully saturated rings. The number of imidazole rings is 1. The number of hydrogen-bond donors (Lipinski definition) is 1. The van der Waals surface area contributed by atoms with E-state index < -0.39 is 0 Å². The average Bonchev–Trinajstić information content (AvgIpc) is 2.85. The highest BCUT2D eigenvalue weighted by Crippen LogP contribution is 2.26. The summed E-state index contributed by atoms with van der Waals surface area (Å²) in [5, 5.41) is 0. The molecule has 3 aromatic rings. The van der Waals surface area contributed by atoms with E-state index in [1.165, 1.54) is 0 Å². The van der Waals surface area contributed by atoms with Gasteiger partial charge in [-0.25, -0.2) is 0 Å². The van der Waals surface area contributed by atoms with Crippen molar-refractivity contribution >= 4 is 23.3 Å². The molecule has 3 rings (SSSR count). The van der Waals surface area contributed by atoms with E-state index in [0.717, 1.165) is 39.4 Å². The highest BCUT2D eigenvalue weighted by Gasteiger charge is 2.12. The fourth-order valence-corrected chi connectivity index (χ4v) is 3.08. The van der Waals surface area contributed by atoms with Crippen molar-refractivity contribution in [3.8, 4) is 11.5 Å². The fourth-order valence-electron chi connectivity index (χ4n) is 2.81. The molecule has 1 aromatic carbocycles. The number of nitrogens with one attached hydrogen (secondary N) is 1. The Balaban J connectivity index is 2.09. The predicted octanol–water partition coefficient (Wildman–Crippen LogP) is 3.78. The van der Waals surface area contributed by atoms with E-state index in [1.807, 2.05) is 42.8 Å². The quantitative estimate of drug-likeness (QED) is 0.740. The number of H-pyrrole nitrogens is 1. The summed E-state index contributed by atoms with van der Waals surface area (Å²) in [6.45, 7) is 4.61. The molecule has 0 saturated heterocycles. The van der Waals surface area contributed by atoms with Gasteiger partial charge in [-0.15, -0.1) is 0 Å². The third-order valence-electron chi connectivity index (χ3n) is 4.04. The summed E-state index contributed by atoms with van der Waals surface area (Å²) in [6.07, 6.45) is 1.84. The van der Waals surface area contributed by atoms with Crippen LogP contribution in [0.1, 0.15) is 16.8 Å². The first-order valence-electron chi connectivity index (χ1n) is 7.30. The number of aromatic nitrogens is 3. The van der Waals surface area contributed by atoms with E-state index in [9.17, 15) is 0 Å². The third kappa shape index (κ3) is 2.70. The van der Waals surface area contributed by atoms with Crippen LogP contribution in [0, 0.1) is 18.6 Å². The molecular weight excluding hydrogens is 310 g/mol. The normalized spacial score (nSPS) is 11.0. The summed E-state index contributed by atoms with van der Waals surface area (Å²) >= 11 is 5.47. The molecule has 0 aliphatic carbocycles. The molecule has 2 aromatic heterocycles. The van der Waals surface area contributed by atoms with Crippen LogP contribution in [-0.2, 0) is 6.54 Å². The van der Waals surface area contributed by atoms with Gasteiger partial charge in [-0.3, -0.25) is 4.98 Å². The zero-order chi connectivity index (χ0) is 16.6. The van der Waals surface area contributed by atoms with Gasteiger partial charge in [0.2, 0.25) is 0 Å². The highest BCUT2D eigenvalue weighted by atomic mass is 32.1. The Labute approximate surface area is 139 Å². The molecule has 5 nitrogen and oxygen atoms in total. The maximum Gasteiger partial charge on any atom is 0.178 e. The second-order valence-corrected chi connectivity index (χ2v) is 5.83. The Hall–Kier alpha value is -2.34. The van der Waals surface area contributed by atoms with Gasteiger partial charge in [-0.05, 0) is 38.2 Å². The van der Waals surface area contributed by atoms with Gasteiger partial charge in [0.25, 0.3) is 0 Å². The second-order valence-electron chi connectivity index (χ2n) is 5.45. The number of aromatic amines is 1. The second kappa shape index (κ2) is 6.04. The van der Waals surface area contributed by atoms with E-state index in [2.05, 4.69) is 9.97 Å². The zero-order valence-electron chi connectivity index (χ0n) is 13.6. The molecule has 0 radical (unpaired) electrons. The lowest BCUT2D eigenvalue weighted by molar-refractivity contribution is 0.406. The first kappa shape index (κ1) is 15.6. The van der Waals surface area contributed by atoms with Gasteiger partial charge >= 0.3 is 0 Å². The fraction of sp³-hybridized carbons (Fsp3) is 0.294. The number of hydrogen-bond acceptors (Lipinski definition) is 4. The van der Waals surface area contributed by atoms with Gasteiger partial charge in [0, 0.05) is 23.4 Å². The first-order chi connectivity index (χ1) is 11.0. The maximum atomic E-state index is 5.48. The van der Waals surface area contributed by atoms with Gasteiger partial charge in [0.1, 0.15) is 11.5 Å². The minimum absolute atomic E-state index is 0.591. The molecule has 0 saturated carbocycles. The molecule has 6 heteroatoms. The molecule has 0 spiro atoms. The number of aryl methyl sites for hydroxylation is 1. The Kier molecular flexibility index (Phi) is 4.09. The molecule has 0 unspecified atom stereocenters. The molecule has 0 bridgehead atoms. The Bertz CT molecular complexity index is 927. The van der Waals surface area contributed by atoms with Crippen molar-refractivity contribution in [3.05, 3.63) is 46.0 Å². The van der Waals surface area contributed by atoms with Gasteiger partial charge in [-0.1, -0.05) is 0 Å². The highest BCUT2D eigenvalue weighted by molar-refractivity contribution is 7.71. The molecule has 0 atom stereocenters. The zero-order valence-corrected chi connectivity index (χ0v) is 14.5. The number of fused-ring (bicyclic) bond motifs is 1. The average molecular weight is 329 g/mol. The maximum absolute atomic E-state index is 5.48. The number of ether oxygens (including phenoxy) is 2. The smallest absolute Gasteiger partial charge is 0.178 e. The summed E-state index contributed by atoms with van der Waals surface area (Å²) in [5.74, 6) is 1.68. The molecule has 2 heterocycles. The van der Waals surface area contributed by atoms with Crippen LogP contribution in [0.15, 0.2) is 24.4 Å². The Morgan fingerprint density at radius 2 is 2.00 bits per heavy atom. The number of rotatable bonds is 4. The van der Waals surface area contributed by atoms with Crippen molar-refractivity contribution in [1.82, 2.24) is 14.5 Å². The lowest BCUT2D eigenvalue weighted by Gasteiger charge is -2.13. The van der Waals surface area contributed by atoms with Crippen molar-refractivity contribution in [3.63, 3.8) is 0 Å². The standard InChI is InChI=1S/C17H19N3O2S/c1-10-8-18-14(11(2)16(10)22-4)9-20-15-6-5-12(21-3)7-13(15)19-17(20)23/h5-8H,9H2,1-4H3,(H,19,23). The van der Waals surface area contributed by atoms with Crippen LogP contribution >= 0.6 is 12.2 Å². The van der Waals surface area contributed by atoms with E-state index >= 15 is 0 Å². The van der Waals surface area contributed by atoms with Gasteiger partial charge in [-0.2, -0.15) is 0 Å². The van der Waals surface area contributed by atoms with Crippen molar-refractivity contribution in [1.29, 1.82) is 0 Å². The van der Waals surface area contributed by atoms with E-state index in [-0.39, 0.29) is 0 Å². The molecule has 23 heavy (non-hydrogen) atoms. The van der Waals surface area contributed by atoms with Crippen LogP contribution in [0.3, 0.4) is 0 Å². The SMILES string of the molecule is COc1ccc2c(c1)[nH]c(=S)n2Cc1ncc(C)c(OC)c1C. The van der Waals surface area contributed by atoms with Crippen LogP contribution in [-0.4, -0.2) is 28.8 Å². The van der Waals surface area contributed by atoms with Crippen LogP contribution in [0.2, 0.25) is 0 Å². The summed E-state index contributed by atoms with van der Waals surface area (Å²) < 4.78 is 13.4. The summed E-state index contributed by atoms with van der Waals surface area (Å²) in [4.78, 5) is 7.78. The van der Waals surface area contributed by atoms with Crippen LogP contribution in [0.25, 0.3) is 11.0 Å². The Morgan fingerprint density at radius 3 is 2.70 bits per heavy atom. The number of nitrogens with zero attached hydrogens (tertiary/aromatic N) is 2. The van der Waals surface area contributed by atoms with E-state index in [0.29, 0.717) is 11.3 Å². The van der Waals surface area contributed by atoms with Crippen LogP contribution in [0.4, 0.5) is 0 Å². The first-order valence-corrected chi connectivity index (χ1v) is 7.71. The van der Waals surface area contributed by atoms with Crippen molar-refractivity contribution < 1.29 is 9.47 Å². The third-order valence-corrected chi connectivity index (χ3v) is 4.36. The van der Waals surface area contributed by atoms with Crippen molar-refractivity contribution in [2.24, 2.45) is 0 Å². The number of pyridine rings is 1. The lowest BCUT2D eigenvalue weighted by Crippen LogP contribution is -2.06. The summed E-state index contributed by atoms with van der Waals surface area (Å²) in [5.41, 5.74) is 4.99. The van der Waals surface area contributed by atoms with Gasteiger partial charge in [0.15, 0.2) is 4.77 Å². The largest absolute Gasteiger partial charge is 0.497 e. The Morgan fingerprint density at radius 1 is 1.22 bits per heavy atom. The van der Waals surface area contributed by atoms with Gasteiger partial charge in [0.05, 0.1) is 37.5 Å². The van der Waals surface area contributed by atoms with Crippen LogP contribution < -0.4 is 9.47 Å². The summed E-state index contributed by atoms with van der Waals surface area (Å²) in [7, 11) is 3.33. The topological polar surface area (TPSA) is 52.1 Å². The lowest BCUT2D eigenvalue weighted by atomic mass is 10.1. The summed E-state index contributed by atoms with van der Waals surface area (Å²) in [6, 6.07) is 5.87. The monoisotopic (exact) mass is 329 g/mol. The molecule has 120 valence electrons. The van der Waals surface area contributed by atoms with Crippen LogP contribution in [0.5, 0.6) is 11.5 Å². The number of benzene rings is 1. The molecule has 0 aliphatic rings. The number of methoxy groups -OCH3 is 2. The van der Waals surface area contributed by atoms with Crippen molar-refractivity contribution in [2.75, 3.05) is 14.2 Å². The molecule has 1 N–H and O–H groups in total. The van der Waals surface area contributed by atoms with E-state index in [4.69, 9.17) is 21.7 Å². The molecular formula is C17H19N3O2S. The minimum atomic E-state index is 0.591.